The summed E-state index contributed by atoms with van der Waals surface area (Å²) in [6, 6.07) is 13.5. The number of nitrogens with one attached hydrogen (secondary N) is 3. The molecule has 0 radical (unpaired) electrons. The fourth-order valence-corrected chi connectivity index (χ4v) is 4.16. The van der Waals surface area contributed by atoms with Crippen LogP contribution in [0.25, 0.3) is 11.0 Å². The highest BCUT2D eigenvalue weighted by Gasteiger charge is 2.10. The minimum Gasteiger partial charge on any atom is -0.352 e. The molecule has 0 saturated carbocycles. The second kappa shape index (κ2) is 10.9. The van der Waals surface area contributed by atoms with Crippen molar-refractivity contribution in [1.82, 2.24) is 15.3 Å². The van der Waals surface area contributed by atoms with E-state index in [9.17, 15) is 9.59 Å². The van der Waals surface area contributed by atoms with Gasteiger partial charge in [-0.05, 0) is 74.4 Å². The van der Waals surface area contributed by atoms with Crippen LogP contribution in [-0.2, 0) is 17.6 Å². The van der Waals surface area contributed by atoms with Crippen LogP contribution in [0.1, 0.15) is 67.2 Å². The molecule has 2 amide bonds. The maximum atomic E-state index is 12.6. The van der Waals surface area contributed by atoms with Gasteiger partial charge in [0.05, 0.1) is 11.0 Å². The second-order valence-corrected chi connectivity index (χ2v) is 8.63. The molecule has 3 aromatic rings. The largest absolute Gasteiger partial charge is 0.352 e. The molecule has 33 heavy (non-hydrogen) atoms. The highest BCUT2D eigenvalue weighted by atomic mass is 16.2. The Balaban J connectivity index is 1.31. The summed E-state index contributed by atoms with van der Waals surface area (Å²) in [6.07, 6.45) is 10.2. The van der Waals surface area contributed by atoms with E-state index < -0.39 is 0 Å². The molecule has 0 spiro atoms. The Bertz CT molecular complexity index is 1140. The van der Waals surface area contributed by atoms with Gasteiger partial charge in [0.25, 0.3) is 5.91 Å². The van der Waals surface area contributed by atoms with Crippen molar-refractivity contribution in [3.8, 4) is 0 Å². The summed E-state index contributed by atoms with van der Waals surface area (Å²) >= 11 is 0. The molecular formula is C27H32N4O2. The summed E-state index contributed by atoms with van der Waals surface area (Å²) in [4.78, 5) is 32.1. The van der Waals surface area contributed by atoms with Crippen LogP contribution in [-0.4, -0.2) is 28.3 Å². The van der Waals surface area contributed by atoms with Crippen LogP contribution >= 0.6 is 0 Å². The van der Waals surface area contributed by atoms with Gasteiger partial charge >= 0.3 is 0 Å². The van der Waals surface area contributed by atoms with Crippen molar-refractivity contribution in [1.29, 1.82) is 0 Å². The third-order valence-corrected chi connectivity index (χ3v) is 6.12. The van der Waals surface area contributed by atoms with E-state index >= 15 is 0 Å². The van der Waals surface area contributed by atoms with Crippen molar-refractivity contribution in [2.45, 2.75) is 58.3 Å². The van der Waals surface area contributed by atoms with Gasteiger partial charge in [0.1, 0.15) is 5.82 Å². The first-order valence-electron chi connectivity index (χ1n) is 11.9. The molecule has 1 aliphatic rings. The lowest BCUT2D eigenvalue weighted by Gasteiger charge is -2.12. The maximum absolute atomic E-state index is 12.6. The lowest BCUT2D eigenvalue weighted by Crippen LogP contribution is -2.24. The zero-order chi connectivity index (χ0) is 23.0. The van der Waals surface area contributed by atoms with E-state index in [2.05, 4.69) is 26.7 Å². The van der Waals surface area contributed by atoms with Gasteiger partial charge in [0.15, 0.2) is 0 Å². The predicted molar refractivity (Wildman–Crippen MR) is 132 cm³/mol. The van der Waals surface area contributed by atoms with Gasteiger partial charge in [-0.2, -0.15) is 0 Å². The quantitative estimate of drug-likeness (QED) is 0.391. The van der Waals surface area contributed by atoms with E-state index in [1.807, 2.05) is 49.4 Å². The van der Waals surface area contributed by atoms with Gasteiger partial charge in [-0.3, -0.25) is 9.59 Å². The van der Waals surface area contributed by atoms with Crippen molar-refractivity contribution in [3.63, 3.8) is 0 Å². The number of hydrogen-bond donors (Lipinski definition) is 3. The van der Waals surface area contributed by atoms with Crippen molar-refractivity contribution < 1.29 is 9.59 Å². The molecule has 172 valence electrons. The molecule has 2 aromatic carbocycles. The maximum Gasteiger partial charge on any atom is 0.251 e. The number of carbonyl (C=O) groups is 2. The molecule has 1 aliphatic carbocycles. The number of allylic oxidation sites excluding steroid dienone is 1. The zero-order valence-electron chi connectivity index (χ0n) is 19.2. The highest BCUT2D eigenvalue weighted by molar-refractivity contribution is 5.97. The molecule has 0 fully saturated rings. The van der Waals surface area contributed by atoms with Crippen molar-refractivity contribution in [2.75, 3.05) is 11.9 Å². The molecular weight excluding hydrogens is 412 g/mol. The van der Waals surface area contributed by atoms with Gasteiger partial charge in [0.2, 0.25) is 5.91 Å². The Hall–Kier alpha value is -3.41. The molecule has 0 aliphatic heterocycles. The van der Waals surface area contributed by atoms with Crippen LogP contribution in [0.5, 0.6) is 0 Å². The van der Waals surface area contributed by atoms with Gasteiger partial charge in [-0.25, -0.2) is 4.98 Å². The number of aryl methyl sites for hydroxylation is 2. The molecule has 3 N–H and O–H groups in total. The first-order valence-corrected chi connectivity index (χ1v) is 11.9. The lowest BCUT2D eigenvalue weighted by atomic mass is 9.97. The van der Waals surface area contributed by atoms with Crippen LogP contribution < -0.4 is 10.6 Å². The fourth-order valence-electron chi connectivity index (χ4n) is 4.16. The number of imidazole rings is 1. The van der Waals surface area contributed by atoms with Gasteiger partial charge in [-0.1, -0.05) is 30.7 Å². The SMILES string of the molecule is CCC(=O)Nc1ccc(CCc2nc3ccc(C(=O)NCCC4=CCCCC4)cc3[nH]2)cc1. The number of aromatic amines is 1. The number of carbonyl (C=O) groups excluding carboxylic acids is 2. The fraction of sp³-hybridized carbons (Fsp3) is 0.370. The molecule has 0 atom stereocenters. The highest BCUT2D eigenvalue weighted by Crippen LogP contribution is 2.20. The summed E-state index contributed by atoms with van der Waals surface area (Å²) in [5.41, 5.74) is 5.86. The normalized spacial score (nSPS) is 13.5. The number of hydrogen-bond acceptors (Lipinski definition) is 3. The Kier molecular flexibility index (Phi) is 7.55. The Morgan fingerprint density at radius 2 is 1.88 bits per heavy atom. The van der Waals surface area contributed by atoms with Gasteiger partial charge in [0, 0.05) is 30.6 Å². The van der Waals surface area contributed by atoms with Gasteiger partial charge < -0.3 is 15.6 Å². The van der Waals surface area contributed by atoms with E-state index in [-0.39, 0.29) is 11.8 Å². The first-order chi connectivity index (χ1) is 16.1. The molecule has 4 rings (SSSR count). The third kappa shape index (κ3) is 6.31. The molecule has 0 saturated heterocycles. The van der Waals surface area contributed by atoms with E-state index in [1.165, 1.54) is 30.4 Å². The number of amides is 2. The van der Waals surface area contributed by atoms with Gasteiger partial charge in [-0.15, -0.1) is 0 Å². The van der Waals surface area contributed by atoms with E-state index in [4.69, 9.17) is 0 Å². The minimum atomic E-state index is -0.0419. The smallest absolute Gasteiger partial charge is 0.251 e. The van der Waals surface area contributed by atoms with E-state index in [1.54, 1.807) is 0 Å². The summed E-state index contributed by atoms with van der Waals surface area (Å²) in [7, 11) is 0. The monoisotopic (exact) mass is 444 g/mol. The topological polar surface area (TPSA) is 86.9 Å². The van der Waals surface area contributed by atoms with Crippen molar-refractivity contribution in [3.05, 3.63) is 71.1 Å². The third-order valence-electron chi connectivity index (χ3n) is 6.12. The molecule has 0 unspecified atom stereocenters. The summed E-state index contributed by atoms with van der Waals surface area (Å²) in [6.45, 7) is 2.51. The number of rotatable bonds is 9. The molecule has 0 bridgehead atoms. The molecule has 6 nitrogen and oxygen atoms in total. The van der Waals surface area contributed by atoms with E-state index in [0.717, 1.165) is 48.2 Å². The summed E-state index contributed by atoms with van der Waals surface area (Å²) in [5.74, 6) is 0.870. The van der Waals surface area contributed by atoms with Crippen molar-refractivity contribution in [2.24, 2.45) is 0 Å². The molecule has 1 aromatic heterocycles. The molecule has 6 heteroatoms. The second-order valence-electron chi connectivity index (χ2n) is 8.63. The molecule has 1 heterocycles. The van der Waals surface area contributed by atoms with E-state index in [0.29, 0.717) is 18.5 Å². The number of anilines is 1. The Morgan fingerprint density at radius 1 is 1.03 bits per heavy atom. The predicted octanol–water partition coefficient (Wildman–Crippen LogP) is 5.32. The van der Waals surface area contributed by atoms with Crippen LogP contribution in [0.15, 0.2) is 54.1 Å². The van der Waals surface area contributed by atoms with Crippen LogP contribution in [0.3, 0.4) is 0 Å². The zero-order valence-corrected chi connectivity index (χ0v) is 19.2. The van der Waals surface area contributed by atoms with Crippen molar-refractivity contribution >= 4 is 28.5 Å². The Labute approximate surface area is 194 Å². The minimum absolute atomic E-state index is 0.0136. The number of fused-ring (bicyclic) bond motifs is 1. The lowest BCUT2D eigenvalue weighted by molar-refractivity contribution is -0.115. The Morgan fingerprint density at radius 3 is 2.64 bits per heavy atom. The number of aromatic nitrogens is 2. The number of H-pyrrole nitrogens is 1. The number of benzene rings is 2. The standard InChI is InChI=1S/C27H32N4O2/c1-2-26(32)29-22-12-8-20(9-13-22)10-15-25-30-23-14-11-21(18-24(23)31-25)27(33)28-17-16-19-6-4-3-5-7-19/h6,8-9,11-14,18H,2-5,7,10,15-17H2,1H3,(H,28,33)(H,29,32)(H,30,31). The summed E-state index contributed by atoms with van der Waals surface area (Å²) < 4.78 is 0. The average molecular weight is 445 g/mol. The first kappa shape index (κ1) is 22.8. The van der Waals surface area contributed by atoms with Crippen LogP contribution in [0.2, 0.25) is 0 Å². The average Bonchev–Trinajstić information content (AvgIpc) is 3.26. The van der Waals surface area contributed by atoms with Crippen LogP contribution in [0, 0.1) is 0 Å². The van der Waals surface area contributed by atoms with Crippen LogP contribution in [0.4, 0.5) is 5.69 Å². The summed E-state index contributed by atoms with van der Waals surface area (Å²) in [5, 5.41) is 5.91. The number of nitrogens with zero attached hydrogens (tertiary/aromatic N) is 1.